The zero-order chi connectivity index (χ0) is 20.3. The van der Waals surface area contributed by atoms with Gasteiger partial charge in [-0.05, 0) is 32.1 Å². The Labute approximate surface area is 165 Å². The van der Waals surface area contributed by atoms with Crippen LogP contribution in [0.25, 0.3) is 0 Å². The lowest BCUT2D eigenvalue weighted by Crippen LogP contribution is -2.54. The highest BCUT2D eigenvalue weighted by atomic mass is 19.4. The molecule has 0 N–H and O–H groups in total. The SMILES string of the molecule is O=C(CN1c2nc(N3CC4CCC(C3)O4)cc(=O)n2CCC1C(F)(F)F)C1CC1. The summed E-state index contributed by atoms with van der Waals surface area (Å²) in [6.45, 7) is 0.708. The van der Waals surface area contributed by atoms with Crippen LogP contribution in [0.4, 0.5) is 24.9 Å². The van der Waals surface area contributed by atoms with E-state index in [0.717, 1.165) is 30.6 Å². The van der Waals surface area contributed by atoms with Crippen LogP contribution in [-0.2, 0) is 16.1 Å². The molecule has 0 spiro atoms. The number of ketones is 1. The fourth-order valence-corrected chi connectivity index (χ4v) is 4.65. The first-order valence-corrected chi connectivity index (χ1v) is 10.2. The fourth-order valence-electron chi connectivity index (χ4n) is 4.65. The first kappa shape index (κ1) is 18.9. The number of hydrogen-bond acceptors (Lipinski definition) is 6. The monoisotopic (exact) mass is 412 g/mol. The van der Waals surface area contributed by atoms with Crippen molar-refractivity contribution in [3.63, 3.8) is 0 Å². The third-order valence-electron chi connectivity index (χ3n) is 6.34. The van der Waals surface area contributed by atoms with Crippen molar-refractivity contribution >= 4 is 17.5 Å². The number of ether oxygens (including phenoxy) is 1. The van der Waals surface area contributed by atoms with Gasteiger partial charge in [-0.3, -0.25) is 14.2 Å². The molecule has 0 amide bonds. The number of anilines is 2. The minimum atomic E-state index is -4.50. The molecule has 3 unspecified atom stereocenters. The van der Waals surface area contributed by atoms with Crippen LogP contribution < -0.4 is 15.4 Å². The third-order valence-corrected chi connectivity index (χ3v) is 6.34. The van der Waals surface area contributed by atoms with E-state index in [-0.39, 0.29) is 54.9 Å². The molecule has 4 heterocycles. The molecule has 2 bridgehead atoms. The number of morpholine rings is 1. The van der Waals surface area contributed by atoms with Gasteiger partial charge in [0.1, 0.15) is 11.9 Å². The Morgan fingerprint density at radius 2 is 1.83 bits per heavy atom. The summed E-state index contributed by atoms with van der Waals surface area (Å²) in [5.41, 5.74) is -0.381. The van der Waals surface area contributed by atoms with Crippen LogP contribution in [0, 0.1) is 5.92 Å². The van der Waals surface area contributed by atoms with Crippen LogP contribution in [0.2, 0.25) is 0 Å². The number of carbonyl (C=O) groups is 1. The Hall–Kier alpha value is -2.10. The molecule has 5 rings (SSSR count). The van der Waals surface area contributed by atoms with Crippen LogP contribution in [0.5, 0.6) is 0 Å². The van der Waals surface area contributed by atoms with Gasteiger partial charge in [0.05, 0.1) is 18.8 Å². The number of hydrogen-bond donors (Lipinski definition) is 0. The minimum Gasteiger partial charge on any atom is -0.371 e. The number of aromatic nitrogens is 2. The molecule has 1 aromatic heterocycles. The molecule has 4 aliphatic rings. The van der Waals surface area contributed by atoms with Gasteiger partial charge in [-0.15, -0.1) is 0 Å². The van der Waals surface area contributed by atoms with Crippen LogP contribution in [0.3, 0.4) is 0 Å². The van der Waals surface area contributed by atoms with Crippen LogP contribution >= 0.6 is 0 Å². The van der Waals surface area contributed by atoms with E-state index in [4.69, 9.17) is 4.74 Å². The number of halogens is 3. The zero-order valence-electron chi connectivity index (χ0n) is 15.9. The lowest BCUT2D eigenvalue weighted by atomic mass is 10.1. The Morgan fingerprint density at radius 1 is 1.14 bits per heavy atom. The Bertz CT molecular complexity index is 870. The van der Waals surface area contributed by atoms with E-state index in [0.29, 0.717) is 18.9 Å². The Morgan fingerprint density at radius 3 is 2.45 bits per heavy atom. The average Bonchev–Trinajstić information content (AvgIpc) is 3.46. The maximum absolute atomic E-state index is 13.7. The molecule has 3 aliphatic heterocycles. The van der Waals surface area contributed by atoms with Gasteiger partial charge in [0.25, 0.3) is 5.56 Å². The van der Waals surface area contributed by atoms with E-state index < -0.39 is 12.2 Å². The lowest BCUT2D eigenvalue weighted by Gasteiger charge is -2.39. The summed E-state index contributed by atoms with van der Waals surface area (Å²) in [6.07, 6.45) is -1.33. The predicted octanol–water partition coefficient (Wildman–Crippen LogP) is 1.73. The molecule has 1 saturated carbocycles. The van der Waals surface area contributed by atoms with E-state index in [2.05, 4.69) is 4.98 Å². The highest BCUT2D eigenvalue weighted by molar-refractivity contribution is 5.87. The first-order valence-electron chi connectivity index (χ1n) is 10.2. The first-order chi connectivity index (χ1) is 13.8. The summed E-state index contributed by atoms with van der Waals surface area (Å²) in [6, 6.07) is -0.420. The third kappa shape index (κ3) is 3.51. The number of nitrogens with zero attached hydrogens (tertiary/aromatic N) is 4. The van der Waals surface area contributed by atoms with E-state index in [9.17, 15) is 22.8 Å². The van der Waals surface area contributed by atoms with Gasteiger partial charge < -0.3 is 14.5 Å². The molecule has 1 aliphatic carbocycles. The zero-order valence-corrected chi connectivity index (χ0v) is 15.9. The molecular formula is C19H23F3N4O3. The van der Waals surface area contributed by atoms with Crippen molar-refractivity contribution in [2.45, 2.75) is 63.1 Å². The van der Waals surface area contributed by atoms with Gasteiger partial charge in [0, 0.05) is 31.6 Å². The highest BCUT2D eigenvalue weighted by Crippen LogP contribution is 2.37. The molecular weight excluding hydrogens is 389 g/mol. The molecule has 0 aromatic carbocycles. The topological polar surface area (TPSA) is 67.7 Å². The molecule has 0 radical (unpaired) electrons. The van der Waals surface area contributed by atoms with Gasteiger partial charge in [0.15, 0.2) is 5.78 Å². The maximum atomic E-state index is 13.7. The van der Waals surface area contributed by atoms with Crippen molar-refractivity contribution in [1.29, 1.82) is 0 Å². The van der Waals surface area contributed by atoms with E-state index >= 15 is 0 Å². The molecule has 3 fully saturated rings. The summed E-state index contributed by atoms with van der Waals surface area (Å²) >= 11 is 0. The van der Waals surface area contributed by atoms with Crippen molar-refractivity contribution in [1.82, 2.24) is 9.55 Å². The van der Waals surface area contributed by atoms with Crippen LogP contribution in [0.1, 0.15) is 32.1 Å². The number of rotatable bonds is 4. The number of carbonyl (C=O) groups excluding carboxylic acids is 1. The summed E-state index contributed by atoms with van der Waals surface area (Å²) < 4.78 is 48.2. The van der Waals surface area contributed by atoms with E-state index in [1.165, 1.54) is 10.6 Å². The summed E-state index contributed by atoms with van der Waals surface area (Å²) in [5, 5.41) is 0. The van der Waals surface area contributed by atoms with Gasteiger partial charge in [-0.25, -0.2) is 0 Å². The smallest absolute Gasteiger partial charge is 0.371 e. The average molecular weight is 412 g/mol. The Kier molecular flexibility index (Phi) is 4.38. The van der Waals surface area contributed by atoms with Gasteiger partial charge in [-0.2, -0.15) is 18.2 Å². The Balaban J connectivity index is 1.52. The van der Waals surface area contributed by atoms with Crippen molar-refractivity contribution in [3.8, 4) is 0 Å². The summed E-state index contributed by atoms with van der Waals surface area (Å²) in [4.78, 5) is 32.5. The predicted molar refractivity (Wildman–Crippen MR) is 98.1 cm³/mol. The molecule has 3 atom stereocenters. The molecule has 7 nitrogen and oxygen atoms in total. The number of fused-ring (bicyclic) bond motifs is 3. The quantitative estimate of drug-likeness (QED) is 0.751. The molecule has 10 heteroatoms. The van der Waals surface area contributed by atoms with Crippen LogP contribution in [-0.4, -0.2) is 59.4 Å². The maximum Gasteiger partial charge on any atom is 0.408 e. The van der Waals surface area contributed by atoms with Crippen molar-refractivity contribution in [2.75, 3.05) is 29.4 Å². The van der Waals surface area contributed by atoms with Crippen molar-refractivity contribution < 1.29 is 22.7 Å². The fraction of sp³-hybridized carbons (Fsp3) is 0.737. The minimum absolute atomic E-state index is 0.0473. The second-order valence-corrected chi connectivity index (χ2v) is 8.48. The summed E-state index contributed by atoms with van der Waals surface area (Å²) in [5.74, 6) is -0.0529. The van der Waals surface area contributed by atoms with Crippen molar-refractivity contribution in [2.24, 2.45) is 5.92 Å². The number of alkyl halides is 3. The standard InChI is InChI=1S/C19H23F3N4O3/c20-19(21,22)15-5-6-25-17(28)7-16(24-8-12-3-4-13(9-24)29-12)23-18(25)26(15)10-14(27)11-1-2-11/h7,11-13,15H,1-6,8-10H2. The molecule has 29 heavy (non-hydrogen) atoms. The molecule has 158 valence electrons. The van der Waals surface area contributed by atoms with E-state index in [1.54, 1.807) is 0 Å². The normalized spacial score (nSPS) is 29.1. The second kappa shape index (κ2) is 6.72. The van der Waals surface area contributed by atoms with E-state index in [1.807, 2.05) is 4.90 Å². The molecule has 2 saturated heterocycles. The number of Topliss-reactive ketones (excluding diaryl/α,β-unsaturated/α-hetero) is 1. The second-order valence-electron chi connectivity index (χ2n) is 8.48. The van der Waals surface area contributed by atoms with Crippen molar-refractivity contribution in [3.05, 3.63) is 16.4 Å². The highest BCUT2D eigenvalue weighted by Gasteiger charge is 2.48. The lowest BCUT2D eigenvalue weighted by molar-refractivity contribution is -0.153. The van der Waals surface area contributed by atoms with Gasteiger partial charge >= 0.3 is 6.18 Å². The largest absolute Gasteiger partial charge is 0.408 e. The van der Waals surface area contributed by atoms with Crippen LogP contribution in [0.15, 0.2) is 10.9 Å². The van der Waals surface area contributed by atoms with Gasteiger partial charge in [-0.1, -0.05) is 0 Å². The summed E-state index contributed by atoms with van der Waals surface area (Å²) in [7, 11) is 0. The van der Waals surface area contributed by atoms with Gasteiger partial charge in [0.2, 0.25) is 5.95 Å². The molecule has 1 aromatic rings.